The van der Waals surface area contributed by atoms with Crippen LogP contribution in [0.1, 0.15) is 48.8 Å². The van der Waals surface area contributed by atoms with Gasteiger partial charge in [0.05, 0.1) is 26.9 Å². The first-order valence-corrected chi connectivity index (χ1v) is 17.2. The van der Waals surface area contributed by atoms with E-state index in [0.29, 0.717) is 16.1 Å². The van der Waals surface area contributed by atoms with Crippen LogP contribution in [-0.4, -0.2) is 54.9 Å². The summed E-state index contributed by atoms with van der Waals surface area (Å²) in [6.45, 7) is 0.839. The molecule has 1 N–H and O–H groups in total. The number of anilines is 1. The standard InChI is InChI=1S/C32H36Cl2N4O6S/c1-22-13-15-26(38(41)42)19-29(22)37(45(2,43)44)21-31(39)36(20-24-14-16-27(33)28(34)17-24)30(18-23-9-5-3-6-10-23)32(40)35-25-11-7-4-8-12-25/h3,5-6,9-10,13-17,19,25,30H,4,7-8,11-12,18,20-21H2,1-2H3,(H,35,40)/t30-/m0/s1. The number of nitro benzene ring substituents is 1. The van der Waals surface area contributed by atoms with E-state index >= 15 is 0 Å². The molecule has 13 heteroatoms. The van der Waals surface area contributed by atoms with Gasteiger partial charge in [0.1, 0.15) is 12.6 Å². The average Bonchev–Trinajstić information content (AvgIpc) is 3.00. The van der Waals surface area contributed by atoms with Gasteiger partial charge in [-0.05, 0) is 48.6 Å². The highest BCUT2D eigenvalue weighted by molar-refractivity contribution is 7.92. The summed E-state index contributed by atoms with van der Waals surface area (Å²) in [5.74, 6) is -1.02. The zero-order valence-electron chi connectivity index (χ0n) is 25.1. The molecule has 240 valence electrons. The number of sulfonamides is 1. The molecule has 1 fully saturated rings. The van der Waals surface area contributed by atoms with Gasteiger partial charge >= 0.3 is 0 Å². The topological polar surface area (TPSA) is 130 Å². The Balaban J connectivity index is 1.77. The number of halogens is 2. The predicted octanol–water partition coefficient (Wildman–Crippen LogP) is 6.07. The van der Waals surface area contributed by atoms with Gasteiger partial charge in [-0.1, -0.05) is 84.9 Å². The van der Waals surface area contributed by atoms with Crippen LogP contribution in [0.3, 0.4) is 0 Å². The fourth-order valence-electron chi connectivity index (χ4n) is 5.51. The lowest BCUT2D eigenvalue weighted by Crippen LogP contribution is -2.55. The molecule has 0 spiro atoms. The molecule has 1 aliphatic rings. The van der Waals surface area contributed by atoms with Crippen molar-refractivity contribution in [2.45, 2.75) is 64.1 Å². The maximum Gasteiger partial charge on any atom is 0.271 e. The lowest BCUT2D eigenvalue weighted by atomic mass is 9.94. The van der Waals surface area contributed by atoms with Crippen molar-refractivity contribution in [3.63, 3.8) is 0 Å². The van der Waals surface area contributed by atoms with Gasteiger partial charge in [-0.3, -0.25) is 24.0 Å². The Labute approximate surface area is 273 Å². The lowest BCUT2D eigenvalue weighted by Gasteiger charge is -2.35. The number of rotatable bonds is 12. The third-order valence-corrected chi connectivity index (χ3v) is 9.78. The zero-order chi connectivity index (χ0) is 32.7. The number of carbonyl (C=O) groups excluding carboxylic acids is 2. The van der Waals surface area contributed by atoms with Gasteiger partial charge in [0.25, 0.3) is 5.69 Å². The molecule has 0 radical (unpaired) electrons. The number of non-ortho nitro benzene ring substituents is 1. The third-order valence-electron chi connectivity index (χ3n) is 7.91. The highest BCUT2D eigenvalue weighted by atomic mass is 35.5. The van der Waals surface area contributed by atoms with Gasteiger partial charge < -0.3 is 10.2 Å². The Hall–Kier alpha value is -3.67. The Morgan fingerprint density at radius 1 is 0.978 bits per heavy atom. The number of nitrogens with one attached hydrogen (secondary N) is 1. The van der Waals surface area contributed by atoms with Crippen LogP contribution in [0.4, 0.5) is 11.4 Å². The van der Waals surface area contributed by atoms with Crippen LogP contribution in [0.25, 0.3) is 0 Å². The molecule has 1 aliphatic carbocycles. The second-order valence-electron chi connectivity index (χ2n) is 11.3. The van der Waals surface area contributed by atoms with Crippen molar-refractivity contribution in [1.29, 1.82) is 0 Å². The van der Waals surface area contributed by atoms with E-state index in [1.54, 1.807) is 25.1 Å². The molecule has 0 aliphatic heterocycles. The first-order chi connectivity index (χ1) is 21.3. The summed E-state index contributed by atoms with van der Waals surface area (Å²) in [5.41, 5.74) is 1.49. The molecule has 4 rings (SSSR count). The van der Waals surface area contributed by atoms with Gasteiger partial charge in [0.15, 0.2) is 0 Å². The minimum atomic E-state index is -4.10. The van der Waals surface area contributed by atoms with Gasteiger partial charge in [-0.25, -0.2) is 8.42 Å². The number of hydrogen-bond donors (Lipinski definition) is 1. The van der Waals surface area contributed by atoms with Crippen molar-refractivity contribution in [3.8, 4) is 0 Å². The summed E-state index contributed by atoms with van der Waals surface area (Å²) >= 11 is 12.4. The number of amides is 2. The maximum absolute atomic E-state index is 14.3. The summed E-state index contributed by atoms with van der Waals surface area (Å²) in [5, 5.41) is 15.2. The third kappa shape index (κ3) is 9.18. The second kappa shape index (κ2) is 15.1. The summed E-state index contributed by atoms with van der Waals surface area (Å²) in [6, 6.07) is 16.9. The smallest absolute Gasteiger partial charge is 0.271 e. The Morgan fingerprint density at radius 3 is 2.29 bits per heavy atom. The highest BCUT2D eigenvalue weighted by Gasteiger charge is 2.34. The summed E-state index contributed by atoms with van der Waals surface area (Å²) in [6.07, 6.45) is 5.84. The van der Waals surface area contributed by atoms with Gasteiger partial charge in [-0.2, -0.15) is 0 Å². The van der Waals surface area contributed by atoms with E-state index in [4.69, 9.17) is 23.2 Å². The van der Waals surface area contributed by atoms with E-state index in [0.717, 1.165) is 54.3 Å². The van der Waals surface area contributed by atoms with Crippen molar-refractivity contribution < 1.29 is 22.9 Å². The predicted molar refractivity (Wildman–Crippen MR) is 176 cm³/mol. The van der Waals surface area contributed by atoms with Crippen LogP contribution in [0, 0.1) is 17.0 Å². The van der Waals surface area contributed by atoms with E-state index in [9.17, 15) is 28.1 Å². The van der Waals surface area contributed by atoms with Crippen LogP contribution in [0.5, 0.6) is 0 Å². The molecule has 2 amide bonds. The first kappa shape index (κ1) is 34.2. The van der Waals surface area contributed by atoms with E-state index < -0.39 is 33.4 Å². The molecule has 0 bridgehead atoms. The molecule has 0 saturated heterocycles. The van der Waals surface area contributed by atoms with Crippen LogP contribution in [0.2, 0.25) is 10.0 Å². The number of nitro groups is 1. The number of hydrogen-bond acceptors (Lipinski definition) is 6. The summed E-state index contributed by atoms with van der Waals surface area (Å²) in [4.78, 5) is 40.6. The van der Waals surface area contributed by atoms with E-state index in [2.05, 4.69) is 5.32 Å². The normalized spacial score (nSPS) is 14.4. The number of carbonyl (C=O) groups is 2. The van der Waals surface area contributed by atoms with Crippen LogP contribution in [0.15, 0.2) is 66.7 Å². The van der Waals surface area contributed by atoms with Gasteiger partial charge in [0, 0.05) is 31.1 Å². The molecular formula is C32H36Cl2N4O6S. The molecule has 3 aromatic carbocycles. The maximum atomic E-state index is 14.3. The first-order valence-electron chi connectivity index (χ1n) is 14.6. The lowest BCUT2D eigenvalue weighted by molar-refractivity contribution is -0.384. The SMILES string of the molecule is Cc1ccc([N+](=O)[O-])cc1N(CC(=O)N(Cc1ccc(Cl)c(Cl)c1)[C@@H](Cc1ccccc1)C(=O)NC1CCCCC1)S(C)(=O)=O. The van der Waals surface area contributed by atoms with Crippen molar-refractivity contribution in [2.24, 2.45) is 0 Å². The summed E-state index contributed by atoms with van der Waals surface area (Å²) < 4.78 is 27.0. The number of nitrogens with zero attached hydrogens (tertiary/aromatic N) is 3. The zero-order valence-corrected chi connectivity index (χ0v) is 27.4. The van der Waals surface area contributed by atoms with E-state index in [1.807, 2.05) is 30.3 Å². The second-order valence-corrected chi connectivity index (χ2v) is 14.0. The quantitative estimate of drug-likeness (QED) is 0.183. The summed E-state index contributed by atoms with van der Waals surface area (Å²) in [7, 11) is -4.10. The van der Waals surface area contributed by atoms with Crippen molar-refractivity contribution in [1.82, 2.24) is 10.2 Å². The van der Waals surface area contributed by atoms with Crippen LogP contribution in [-0.2, 0) is 32.6 Å². The largest absolute Gasteiger partial charge is 0.352 e. The minimum absolute atomic E-state index is 0.000744. The van der Waals surface area contributed by atoms with Gasteiger partial charge in [0.2, 0.25) is 21.8 Å². The highest BCUT2D eigenvalue weighted by Crippen LogP contribution is 2.29. The molecule has 0 aromatic heterocycles. The number of benzene rings is 3. The van der Waals surface area contributed by atoms with E-state index in [-0.39, 0.29) is 41.3 Å². The molecule has 3 aromatic rings. The molecule has 1 saturated carbocycles. The molecule has 10 nitrogen and oxygen atoms in total. The van der Waals surface area contributed by atoms with Crippen LogP contribution >= 0.6 is 23.2 Å². The fraction of sp³-hybridized carbons (Fsp3) is 0.375. The van der Waals surface area contributed by atoms with E-state index in [1.165, 1.54) is 17.0 Å². The Kier molecular flexibility index (Phi) is 11.5. The molecular weight excluding hydrogens is 639 g/mol. The molecule has 0 heterocycles. The molecule has 0 unspecified atom stereocenters. The molecule has 1 atom stereocenters. The average molecular weight is 676 g/mol. The van der Waals surface area contributed by atoms with Crippen molar-refractivity contribution in [3.05, 3.63) is 104 Å². The fourth-order valence-corrected chi connectivity index (χ4v) is 6.73. The van der Waals surface area contributed by atoms with Crippen LogP contribution < -0.4 is 9.62 Å². The Morgan fingerprint density at radius 2 is 1.67 bits per heavy atom. The minimum Gasteiger partial charge on any atom is -0.352 e. The van der Waals surface area contributed by atoms with Crippen molar-refractivity contribution >= 4 is 56.4 Å². The monoisotopic (exact) mass is 674 g/mol. The van der Waals surface area contributed by atoms with Gasteiger partial charge in [-0.15, -0.1) is 0 Å². The molecule has 45 heavy (non-hydrogen) atoms. The Bertz CT molecular complexity index is 1650. The van der Waals surface area contributed by atoms with Crippen molar-refractivity contribution in [2.75, 3.05) is 17.1 Å². The number of aryl methyl sites for hydroxylation is 1.